The lowest BCUT2D eigenvalue weighted by Crippen LogP contribution is -2.34. The molecule has 1 heterocycles. The standard InChI is InChI=1S/C13H21N3/c1-15(2)13-4-3-11-5-7-16(8-6-14)10-12(11)9-13/h3-4,9H,5-8,10,14H2,1-2H3. The molecule has 0 atom stereocenters. The van der Waals surface area contributed by atoms with Gasteiger partial charge in [0.1, 0.15) is 0 Å². The molecule has 0 saturated heterocycles. The highest BCUT2D eigenvalue weighted by molar-refractivity contribution is 5.50. The third-order valence-electron chi connectivity index (χ3n) is 3.24. The molecule has 2 N–H and O–H groups in total. The molecule has 1 aromatic rings. The summed E-state index contributed by atoms with van der Waals surface area (Å²) in [5.74, 6) is 0. The van der Waals surface area contributed by atoms with Crippen molar-refractivity contribution in [1.82, 2.24) is 4.90 Å². The summed E-state index contributed by atoms with van der Waals surface area (Å²) < 4.78 is 0. The second kappa shape index (κ2) is 4.85. The molecule has 3 nitrogen and oxygen atoms in total. The molecule has 0 saturated carbocycles. The fraction of sp³-hybridized carbons (Fsp3) is 0.538. The molecule has 0 radical (unpaired) electrons. The molecule has 0 bridgehead atoms. The highest BCUT2D eigenvalue weighted by Gasteiger charge is 2.15. The number of rotatable bonds is 3. The van der Waals surface area contributed by atoms with Gasteiger partial charge >= 0.3 is 0 Å². The fourth-order valence-electron chi connectivity index (χ4n) is 2.25. The van der Waals surface area contributed by atoms with Crippen molar-refractivity contribution >= 4 is 5.69 Å². The fourth-order valence-corrected chi connectivity index (χ4v) is 2.25. The molecular formula is C13H21N3. The first kappa shape index (κ1) is 11.4. The molecule has 1 aliphatic rings. The lowest BCUT2D eigenvalue weighted by atomic mass is 9.99. The number of hydrogen-bond donors (Lipinski definition) is 1. The summed E-state index contributed by atoms with van der Waals surface area (Å²) in [4.78, 5) is 4.59. The molecule has 1 aliphatic heterocycles. The monoisotopic (exact) mass is 219 g/mol. The van der Waals surface area contributed by atoms with Gasteiger partial charge in [-0.25, -0.2) is 0 Å². The average Bonchev–Trinajstić information content (AvgIpc) is 2.28. The molecule has 0 aromatic heterocycles. The molecule has 3 heteroatoms. The van der Waals surface area contributed by atoms with Gasteiger partial charge in [-0.2, -0.15) is 0 Å². The van der Waals surface area contributed by atoms with Gasteiger partial charge in [-0.15, -0.1) is 0 Å². The van der Waals surface area contributed by atoms with E-state index in [-0.39, 0.29) is 0 Å². The number of hydrogen-bond acceptors (Lipinski definition) is 3. The van der Waals surface area contributed by atoms with E-state index in [1.54, 1.807) is 0 Å². The summed E-state index contributed by atoms with van der Waals surface area (Å²) in [5.41, 5.74) is 9.86. The van der Waals surface area contributed by atoms with Crippen LogP contribution >= 0.6 is 0 Å². The zero-order valence-corrected chi connectivity index (χ0v) is 10.2. The van der Waals surface area contributed by atoms with Crippen molar-refractivity contribution in [3.05, 3.63) is 29.3 Å². The van der Waals surface area contributed by atoms with E-state index in [0.29, 0.717) is 0 Å². The van der Waals surface area contributed by atoms with Crippen molar-refractivity contribution in [1.29, 1.82) is 0 Å². The predicted octanol–water partition coefficient (Wildman–Crippen LogP) is 1.07. The van der Waals surface area contributed by atoms with Gasteiger partial charge in [0.15, 0.2) is 0 Å². The lowest BCUT2D eigenvalue weighted by molar-refractivity contribution is 0.261. The second-order valence-electron chi connectivity index (χ2n) is 4.66. The number of nitrogens with zero attached hydrogens (tertiary/aromatic N) is 2. The molecule has 88 valence electrons. The summed E-state index contributed by atoms with van der Waals surface area (Å²) in [6.07, 6.45) is 1.16. The largest absolute Gasteiger partial charge is 0.378 e. The number of anilines is 1. The van der Waals surface area contributed by atoms with Gasteiger partial charge in [0.05, 0.1) is 0 Å². The maximum absolute atomic E-state index is 5.61. The zero-order chi connectivity index (χ0) is 11.5. The van der Waals surface area contributed by atoms with E-state index in [1.165, 1.54) is 16.8 Å². The molecule has 2 rings (SSSR count). The first-order chi connectivity index (χ1) is 7.70. The first-order valence-corrected chi connectivity index (χ1v) is 5.92. The Labute approximate surface area is 97.8 Å². The van der Waals surface area contributed by atoms with Crippen molar-refractivity contribution in [3.8, 4) is 0 Å². The van der Waals surface area contributed by atoms with Gasteiger partial charge in [-0.05, 0) is 29.7 Å². The van der Waals surface area contributed by atoms with E-state index in [2.05, 4.69) is 42.1 Å². The average molecular weight is 219 g/mol. The first-order valence-electron chi connectivity index (χ1n) is 5.92. The van der Waals surface area contributed by atoms with Crippen LogP contribution in [0.4, 0.5) is 5.69 Å². The summed E-state index contributed by atoms with van der Waals surface area (Å²) >= 11 is 0. The van der Waals surface area contributed by atoms with Gasteiger partial charge < -0.3 is 10.6 Å². The Morgan fingerprint density at radius 2 is 2.12 bits per heavy atom. The van der Waals surface area contributed by atoms with Crippen LogP contribution in [0, 0.1) is 0 Å². The van der Waals surface area contributed by atoms with E-state index >= 15 is 0 Å². The zero-order valence-electron chi connectivity index (χ0n) is 10.2. The minimum Gasteiger partial charge on any atom is -0.378 e. The third-order valence-corrected chi connectivity index (χ3v) is 3.24. The van der Waals surface area contributed by atoms with E-state index in [9.17, 15) is 0 Å². The van der Waals surface area contributed by atoms with Crippen LogP contribution < -0.4 is 10.6 Å². The minimum atomic E-state index is 0.753. The summed E-state index contributed by atoms with van der Waals surface area (Å²) in [6, 6.07) is 6.78. The minimum absolute atomic E-state index is 0.753. The van der Waals surface area contributed by atoms with E-state index < -0.39 is 0 Å². The van der Waals surface area contributed by atoms with E-state index in [1.807, 2.05) is 0 Å². The second-order valence-corrected chi connectivity index (χ2v) is 4.66. The normalized spacial score (nSPS) is 15.9. The Balaban J connectivity index is 2.18. The van der Waals surface area contributed by atoms with E-state index in [4.69, 9.17) is 5.73 Å². The lowest BCUT2D eigenvalue weighted by Gasteiger charge is -2.29. The molecule has 1 aromatic carbocycles. The number of fused-ring (bicyclic) bond motifs is 1. The van der Waals surface area contributed by atoms with Crippen molar-refractivity contribution in [2.45, 2.75) is 13.0 Å². The Morgan fingerprint density at radius 1 is 1.31 bits per heavy atom. The maximum atomic E-state index is 5.61. The quantitative estimate of drug-likeness (QED) is 0.825. The van der Waals surface area contributed by atoms with Crippen LogP contribution in [0.3, 0.4) is 0 Å². The van der Waals surface area contributed by atoms with Crippen LogP contribution in [0.2, 0.25) is 0 Å². The summed E-state index contributed by atoms with van der Waals surface area (Å²) in [6.45, 7) is 3.95. The molecular weight excluding hydrogens is 198 g/mol. The molecule has 0 amide bonds. The van der Waals surface area contributed by atoms with Gasteiger partial charge in [0.25, 0.3) is 0 Å². The van der Waals surface area contributed by atoms with Gasteiger partial charge in [-0.1, -0.05) is 6.07 Å². The number of nitrogens with two attached hydrogens (primary N) is 1. The predicted molar refractivity (Wildman–Crippen MR) is 68.8 cm³/mol. The highest BCUT2D eigenvalue weighted by atomic mass is 15.1. The molecule has 0 unspecified atom stereocenters. The van der Waals surface area contributed by atoms with Crippen LogP contribution in [0.5, 0.6) is 0 Å². The SMILES string of the molecule is CN(C)c1ccc2c(c1)CN(CCN)CC2. The van der Waals surface area contributed by atoms with Crippen LogP contribution in [0.15, 0.2) is 18.2 Å². The Morgan fingerprint density at radius 3 is 2.81 bits per heavy atom. The third kappa shape index (κ3) is 2.36. The van der Waals surface area contributed by atoms with Gasteiger partial charge in [0, 0.05) is 46.0 Å². The molecule has 0 spiro atoms. The molecule has 16 heavy (non-hydrogen) atoms. The number of benzene rings is 1. The van der Waals surface area contributed by atoms with Crippen molar-refractivity contribution in [2.75, 3.05) is 38.6 Å². The smallest absolute Gasteiger partial charge is 0.0364 e. The van der Waals surface area contributed by atoms with Crippen molar-refractivity contribution < 1.29 is 0 Å². The molecule has 0 aliphatic carbocycles. The van der Waals surface area contributed by atoms with Crippen molar-refractivity contribution in [2.24, 2.45) is 5.73 Å². The maximum Gasteiger partial charge on any atom is 0.0364 e. The van der Waals surface area contributed by atoms with Crippen LogP contribution in [-0.2, 0) is 13.0 Å². The molecule has 0 fully saturated rings. The highest BCUT2D eigenvalue weighted by Crippen LogP contribution is 2.23. The Kier molecular flexibility index (Phi) is 3.46. The van der Waals surface area contributed by atoms with Crippen LogP contribution in [0.25, 0.3) is 0 Å². The van der Waals surface area contributed by atoms with Crippen LogP contribution in [0.1, 0.15) is 11.1 Å². The summed E-state index contributed by atoms with van der Waals surface area (Å²) in [7, 11) is 4.17. The topological polar surface area (TPSA) is 32.5 Å². The van der Waals surface area contributed by atoms with Crippen molar-refractivity contribution in [3.63, 3.8) is 0 Å². The Bertz CT molecular complexity index is 360. The van der Waals surface area contributed by atoms with Gasteiger partial charge in [-0.3, -0.25) is 4.90 Å². The van der Waals surface area contributed by atoms with E-state index in [0.717, 1.165) is 32.6 Å². The van der Waals surface area contributed by atoms with Gasteiger partial charge in [0.2, 0.25) is 0 Å². The van der Waals surface area contributed by atoms with Crippen LogP contribution in [-0.4, -0.2) is 38.6 Å². The summed E-state index contributed by atoms with van der Waals surface area (Å²) in [5, 5.41) is 0. The Hall–Kier alpha value is -1.06.